The lowest BCUT2D eigenvalue weighted by Crippen LogP contribution is -2.39. The Morgan fingerprint density at radius 1 is 1.41 bits per heavy atom. The van der Waals surface area contributed by atoms with E-state index in [4.69, 9.17) is 0 Å². The van der Waals surface area contributed by atoms with Gasteiger partial charge in [-0.25, -0.2) is 0 Å². The lowest BCUT2D eigenvalue weighted by atomic mass is 9.93. The number of phenolic OH excluding ortho intramolecular Hbond substituents is 1. The van der Waals surface area contributed by atoms with E-state index in [1.807, 2.05) is 12.1 Å². The standard InChI is InChI=1S/C14H20BrNO/c1-10-5-6-16(11(2)7-10)9-12-3-4-14(17)13(15)8-12/h3-4,8,10-11,17H,5-7,9H2,1-2H3. The lowest BCUT2D eigenvalue weighted by molar-refractivity contribution is 0.122. The van der Waals surface area contributed by atoms with E-state index in [9.17, 15) is 5.11 Å². The van der Waals surface area contributed by atoms with Gasteiger partial charge in [0, 0.05) is 12.6 Å². The normalized spacial score (nSPS) is 26.1. The second-order valence-electron chi connectivity index (χ2n) is 5.23. The van der Waals surface area contributed by atoms with Crippen LogP contribution >= 0.6 is 15.9 Å². The zero-order valence-electron chi connectivity index (χ0n) is 10.5. The topological polar surface area (TPSA) is 23.5 Å². The molecule has 1 aliphatic rings. The molecule has 0 spiro atoms. The fourth-order valence-corrected chi connectivity index (χ4v) is 3.00. The summed E-state index contributed by atoms with van der Waals surface area (Å²) in [5, 5.41) is 9.48. The van der Waals surface area contributed by atoms with Crippen LogP contribution in [0.15, 0.2) is 22.7 Å². The van der Waals surface area contributed by atoms with Crippen LogP contribution in [-0.4, -0.2) is 22.6 Å². The summed E-state index contributed by atoms with van der Waals surface area (Å²) >= 11 is 3.37. The monoisotopic (exact) mass is 297 g/mol. The second-order valence-corrected chi connectivity index (χ2v) is 6.09. The fraction of sp³-hybridized carbons (Fsp3) is 0.571. The molecule has 0 bridgehead atoms. The summed E-state index contributed by atoms with van der Waals surface area (Å²) < 4.78 is 0.785. The van der Waals surface area contributed by atoms with Gasteiger partial charge in [-0.15, -0.1) is 0 Å². The average molecular weight is 298 g/mol. The van der Waals surface area contributed by atoms with Crippen LogP contribution in [0.1, 0.15) is 32.3 Å². The van der Waals surface area contributed by atoms with Crippen molar-refractivity contribution in [2.45, 2.75) is 39.3 Å². The average Bonchev–Trinajstić information content (AvgIpc) is 2.27. The third-order valence-corrected chi connectivity index (χ3v) is 4.31. The van der Waals surface area contributed by atoms with Gasteiger partial charge in [-0.05, 0) is 65.9 Å². The van der Waals surface area contributed by atoms with E-state index in [0.717, 1.165) is 16.9 Å². The molecule has 2 rings (SSSR count). The van der Waals surface area contributed by atoms with Crippen molar-refractivity contribution in [3.05, 3.63) is 28.2 Å². The third-order valence-electron chi connectivity index (χ3n) is 3.67. The highest BCUT2D eigenvalue weighted by atomic mass is 79.9. The maximum atomic E-state index is 9.48. The van der Waals surface area contributed by atoms with Gasteiger partial charge in [-0.2, -0.15) is 0 Å². The predicted molar refractivity (Wildman–Crippen MR) is 74.1 cm³/mol. The summed E-state index contributed by atoms with van der Waals surface area (Å²) in [6, 6.07) is 6.44. The minimum atomic E-state index is 0.314. The van der Waals surface area contributed by atoms with Gasteiger partial charge in [0.25, 0.3) is 0 Å². The van der Waals surface area contributed by atoms with E-state index < -0.39 is 0 Å². The quantitative estimate of drug-likeness (QED) is 0.898. The number of aromatic hydroxyl groups is 1. The molecule has 1 fully saturated rings. The molecule has 17 heavy (non-hydrogen) atoms. The Balaban J connectivity index is 2.02. The maximum absolute atomic E-state index is 9.48. The van der Waals surface area contributed by atoms with Crippen molar-refractivity contribution in [1.82, 2.24) is 4.90 Å². The Labute approximate surface area is 112 Å². The lowest BCUT2D eigenvalue weighted by Gasteiger charge is -2.36. The first-order chi connectivity index (χ1) is 8.06. The van der Waals surface area contributed by atoms with Crippen molar-refractivity contribution >= 4 is 15.9 Å². The SMILES string of the molecule is CC1CCN(Cc2ccc(O)c(Br)c2)C(C)C1. The minimum Gasteiger partial charge on any atom is -0.507 e. The fourth-order valence-electron chi connectivity index (χ4n) is 2.57. The van der Waals surface area contributed by atoms with Crippen LogP contribution in [0.25, 0.3) is 0 Å². The molecule has 2 nitrogen and oxygen atoms in total. The number of benzene rings is 1. The highest BCUT2D eigenvalue weighted by Gasteiger charge is 2.22. The first-order valence-corrected chi connectivity index (χ1v) is 7.07. The van der Waals surface area contributed by atoms with Crippen molar-refractivity contribution in [2.75, 3.05) is 6.54 Å². The third kappa shape index (κ3) is 3.23. The maximum Gasteiger partial charge on any atom is 0.129 e. The summed E-state index contributed by atoms with van der Waals surface area (Å²) in [5.41, 5.74) is 1.26. The summed E-state index contributed by atoms with van der Waals surface area (Å²) in [4.78, 5) is 2.53. The number of rotatable bonds is 2. The molecule has 3 heteroatoms. The van der Waals surface area contributed by atoms with Gasteiger partial charge < -0.3 is 5.11 Å². The van der Waals surface area contributed by atoms with Crippen LogP contribution in [0.5, 0.6) is 5.75 Å². The minimum absolute atomic E-state index is 0.314. The van der Waals surface area contributed by atoms with Gasteiger partial charge >= 0.3 is 0 Å². The van der Waals surface area contributed by atoms with Gasteiger partial charge in [-0.3, -0.25) is 4.90 Å². The van der Waals surface area contributed by atoms with E-state index in [-0.39, 0.29) is 0 Å². The van der Waals surface area contributed by atoms with Crippen molar-refractivity contribution in [3.63, 3.8) is 0 Å². The molecule has 2 atom stereocenters. The molecule has 1 heterocycles. The molecular formula is C14H20BrNO. The summed E-state index contributed by atoms with van der Waals surface area (Å²) in [6.07, 6.45) is 2.59. The van der Waals surface area contributed by atoms with E-state index in [1.54, 1.807) is 6.07 Å². The van der Waals surface area contributed by atoms with Crippen molar-refractivity contribution in [2.24, 2.45) is 5.92 Å². The molecule has 0 aromatic heterocycles. The highest BCUT2D eigenvalue weighted by Crippen LogP contribution is 2.27. The second kappa shape index (κ2) is 5.40. The molecule has 0 amide bonds. The first kappa shape index (κ1) is 12.9. The molecule has 94 valence electrons. The number of phenols is 1. The molecule has 2 unspecified atom stereocenters. The first-order valence-electron chi connectivity index (χ1n) is 6.27. The molecule has 0 aliphatic carbocycles. The molecule has 0 radical (unpaired) electrons. The van der Waals surface area contributed by atoms with Crippen molar-refractivity contribution in [1.29, 1.82) is 0 Å². The number of nitrogens with zero attached hydrogens (tertiary/aromatic N) is 1. The number of likely N-dealkylation sites (tertiary alicyclic amines) is 1. The Hall–Kier alpha value is -0.540. The zero-order chi connectivity index (χ0) is 12.4. The largest absolute Gasteiger partial charge is 0.507 e. The van der Waals surface area contributed by atoms with Crippen molar-refractivity contribution < 1.29 is 5.11 Å². The van der Waals surface area contributed by atoms with Crippen LogP contribution in [0.3, 0.4) is 0 Å². The van der Waals surface area contributed by atoms with Crippen LogP contribution in [0.4, 0.5) is 0 Å². The molecule has 1 aromatic rings. The van der Waals surface area contributed by atoms with Gasteiger partial charge in [0.05, 0.1) is 4.47 Å². The van der Waals surface area contributed by atoms with Crippen LogP contribution in [-0.2, 0) is 6.54 Å². The molecule has 1 aromatic carbocycles. The number of halogens is 1. The van der Waals surface area contributed by atoms with Gasteiger partial charge in [0.2, 0.25) is 0 Å². The van der Waals surface area contributed by atoms with Crippen LogP contribution < -0.4 is 0 Å². The van der Waals surface area contributed by atoms with Gasteiger partial charge in [-0.1, -0.05) is 13.0 Å². The molecule has 1 N–H and O–H groups in total. The number of hydrogen-bond donors (Lipinski definition) is 1. The van der Waals surface area contributed by atoms with E-state index in [2.05, 4.69) is 34.7 Å². The smallest absolute Gasteiger partial charge is 0.129 e. The highest BCUT2D eigenvalue weighted by molar-refractivity contribution is 9.10. The molecule has 0 saturated carbocycles. The number of hydrogen-bond acceptors (Lipinski definition) is 2. The molecule has 1 aliphatic heterocycles. The van der Waals surface area contributed by atoms with E-state index >= 15 is 0 Å². The Morgan fingerprint density at radius 3 is 2.82 bits per heavy atom. The van der Waals surface area contributed by atoms with Crippen molar-refractivity contribution in [3.8, 4) is 5.75 Å². The Kier molecular flexibility index (Phi) is 4.10. The summed E-state index contributed by atoms with van der Waals surface area (Å²) in [7, 11) is 0. The van der Waals surface area contributed by atoms with Gasteiger partial charge in [0.1, 0.15) is 5.75 Å². The van der Waals surface area contributed by atoms with E-state index in [1.165, 1.54) is 24.9 Å². The van der Waals surface area contributed by atoms with Crippen LogP contribution in [0.2, 0.25) is 0 Å². The Bertz CT molecular complexity index is 394. The van der Waals surface area contributed by atoms with E-state index in [0.29, 0.717) is 11.8 Å². The molecule has 1 saturated heterocycles. The summed E-state index contributed by atoms with van der Waals surface area (Å²) in [5.74, 6) is 1.17. The zero-order valence-corrected chi connectivity index (χ0v) is 12.1. The molecular weight excluding hydrogens is 278 g/mol. The number of piperidine rings is 1. The Morgan fingerprint density at radius 2 is 2.18 bits per heavy atom. The predicted octanol–water partition coefficient (Wildman–Crippen LogP) is 3.78. The van der Waals surface area contributed by atoms with Gasteiger partial charge in [0.15, 0.2) is 0 Å². The summed E-state index contributed by atoms with van der Waals surface area (Å²) in [6.45, 7) is 6.81. The van der Waals surface area contributed by atoms with Crippen LogP contribution in [0, 0.1) is 5.92 Å².